The second-order valence-electron chi connectivity index (χ2n) is 3.55. The highest BCUT2D eigenvalue weighted by Crippen LogP contribution is 2.50. The summed E-state index contributed by atoms with van der Waals surface area (Å²) in [6, 6.07) is 0. The van der Waals surface area contributed by atoms with Crippen LogP contribution in [0.25, 0.3) is 0 Å². The minimum Gasteiger partial charge on any atom is -0.0804 e. The minimum absolute atomic E-state index is 0.449. The first kappa shape index (κ1) is 6.21. The molecule has 0 aromatic carbocycles. The molecule has 0 spiro atoms. The van der Waals surface area contributed by atoms with Crippen LogP contribution >= 0.6 is 0 Å². The maximum atomic E-state index is 2.39. The lowest BCUT2D eigenvalue weighted by Gasteiger charge is -2.24. The van der Waals surface area contributed by atoms with Gasteiger partial charge in [-0.1, -0.05) is 38.2 Å². The highest BCUT2D eigenvalue weighted by atomic mass is 14.4. The van der Waals surface area contributed by atoms with Gasteiger partial charge in [-0.2, -0.15) is 0 Å². The van der Waals surface area contributed by atoms with Crippen molar-refractivity contribution in [1.82, 2.24) is 0 Å². The normalized spacial score (nSPS) is 49.0. The number of allylic oxidation sites excluding steroid dienone is 4. The van der Waals surface area contributed by atoms with Crippen molar-refractivity contribution in [3.63, 3.8) is 0 Å². The summed E-state index contributed by atoms with van der Waals surface area (Å²) in [4.78, 5) is 0. The lowest BCUT2D eigenvalue weighted by molar-refractivity contribution is 0.329. The van der Waals surface area contributed by atoms with E-state index in [2.05, 4.69) is 38.2 Å². The highest BCUT2D eigenvalue weighted by molar-refractivity contribution is 5.31. The zero-order valence-corrected chi connectivity index (χ0v) is 6.67. The third kappa shape index (κ3) is 0.524. The molecule has 2 aliphatic carbocycles. The Labute approximate surface area is 62.6 Å². The molecular weight excluding hydrogens is 120 g/mol. The maximum Gasteiger partial charge on any atom is 0.00929 e. The monoisotopic (exact) mass is 134 g/mol. The van der Waals surface area contributed by atoms with Crippen LogP contribution in [-0.4, -0.2) is 0 Å². The van der Waals surface area contributed by atoms with Crippen LogP contribution in [0, 0.1) is 17.3 Å². The molecule has 2 bridgehead atoms. The average molecular weight is 134 g/mol. The number of hydrogen-bond donors (Lipinski definition) is 0. The van der Waals surface area contributed by atoms with Gasteiger partial charge in [0.15, 0.2) is 0 Å². The van der Waals surface area contributed by atoms with E-state index >= 15 is 0 Å². The molecule has 1 atom stereocenters. The Morgan fingerprint density at radius 1 is 1.30 bits per heavy atom. The van der Waals surface area contributed by atoms with Gasteiger partial charge < -0.3 is 0 Å². The summed E-state index contributed by atoms with van der Waals surface area (Å²) < 4.78 is 0. The predicted molar refractivity (Wildman–Crippen MR) is 43.7 cm³/mol. The smallest absolute Gasteiger partial charge is 0.00929 e. The summed E-state index contributed by atoms with van der Waals surface area (Å²) in [5.74, 6) is 1.58. The van der Waals surface area contributed by atoms with Crippen molar-refractivity contribution < 1.29 is 0 Å². The van der Waals surface area contributed by atoms with Crippen molar-refractivity contribution in [3.8, 4) is 0 Å². The zero-order chi connectivity index (χ0) is 7.19. The standard InChI is InChI=1S/C10H14/c1-3-10-6-4-9(5-7-10)8(10)2/h4-9H,3H2,1-2H3. The van der Waals surface area contributed by atoms with Crippen LogP contribution in [-0.2, 0) is 0 Å². The van der Waals surface area contributed by atoms with Crippen LogP contribution in [0.5, 0.6) is 0 Å². The summed E-state index contributed by atoms with van der Waals surface area (Å²) in [5.41, 5.74) is 0.449. The summed E-state index contributed by atoms with van der Waals surface area (Å²) >= 11 is 0. The van der Waals surface area contributed by atoms with E-state index in [1.165, 1.54) is 6.42 Å². The van der Waals surface area contributed by atoms with Crippen molar-refractivity contribution in [1.29, 1.82) is 0 Å². The number of fused-ring (bicyclic) bond motifs is 2. The quantitative estimate of drug-likeness (QED) is 0.484. The van der Waals surface area contributed by atoms with Gasteiger partial charge in [0, 0.05) is 5.41 Å². The molecular formula is C10H14. The summed E-state index contributed by atoms with van der Waals surface area (Å²) in [7, 11) is 0. The lowest BCUT2D eigenvalue weighted by atomic mass is 9.79. The summed E-state index contributed by atoms with van der Waals surface area (Å²) in [5, 5.41) is 0. The molecule has 0 aromatic heterocycles. The first-order valence-corrected chi connectivity index (χ1v) is 4.17. The van der Waals surface area contributed by atoms with Gasteiger partial charge in [-0.15, -0.1) is 0 Å². The Hall–Kier alpha value is -0.520. The van der Waals surface area contributed by atoms with Gasteiger partial charge in [0.25, 0.3) is 0 Å². The van der Waals surface area contributed by atoms with E-state index < -0.39 is 0 Å². The largest absolute Gasteiger partial charge is 0.0804 e. The molecule has 0 saturated carbocycles. The van der Waals surface area contributed by atoms with Gasteiger partial charge in [0.05, 0.1) is 0 Å². The topological polar surface area (TPSA) is 0 Å². The van der Waals surface area contributed by atoms with E-state index in [-0.39, 0.29) is 0 Å². The second kappa shape index (κ2) is 1.75. The van der Waals surface area contributed by atoms with E-state index in [9.17, 15) is 0 Å². The molecule has 0 heteroatoms. The predicted octanol–water partition coefficient (Wildman–Crippen LogP) is 2.77. The van der Waals surface area contributed by atoms with Crippen LogP contribution in [0.3, 0.4) is 0 Å². The SMILES string of the molecule is CCC12C=CC(C=C1)C2C. The van der Waals surface area contributed by atoms with E-state index in [1.807, 2.05) is 0 Å². The van der Waals surface area contributed by atoms with Crippen LogP contribution in [0.1, 0.15) is 20.3 Å². The Kier molecular flexibility index (Phi) is 1.08. The number of rotatable bonds is 1. The molecule has 0 nitrogen and oxygen atoms in total. The molecule has 0 fully saturated rings. The maximum absolute atomic E-state index is 2.39. The summed E-state index contributed by atoms with van der Waals surface area (Å²) in [6.45, 7) is 4.63. The molecule has 0 N–H and O–H groups in total. The zero-order valence-electron chi connectivity index (χ0n) is 6.67. The lowest BCUT2D eigenvalue weighted by Crippen LogP contribution is -2.17. The van der Waals surface area contributed by atoms with Crippen LogP contribution in [0.2, 0.25) is 0 Å². The van der Waals surface area contributed by atoms with E-state index in [4.69, 9.17) is 0 Å². The third-order valence-electron chi connectivity index (χ3n) is 3.29. The molecule has 0 saturated heterocycles. The van der Waals surface area contributed by atoms with Gasteiger partial charge in [-0.05, 0) is 18.3 Å². The van der Waals surface area contributed by atoms with Gasteiger partial charge in [-0.25, -0.2) is 0 Å². The van der Waals surface area contributed by atoms with Crippen molar-refractivity contribution in [3.05, 3.63) is 24.3 Å². The molecule has 0 aliphatic heterocycles. The molecule has 0 radical (unpaired) electrons. The molecule has 2 aliphatic rings. The van der Waals surface area contributed by atoms with Crippen molar-refractivity contribution in [2.75, 3.05) is 0 Å². The van der Waals surface area contributed by atoms with Gasteiger partial charge in [0.1, 0.15) is 0 Å². The fourth-order valence-corrected chi connectivity index (χ4v) is 2.25. The summed E-state index contributed by atoms with van der Waals surface area (Å²) in [6.07, 6.45) is 10.8. The molecule has 2 rings (SSSR count). The van der Waals surface area contributed by atoms with Gasteiger partial charge >= 0.3 is 0 Å². The first-order chi connectivity index (χ1) is 4.78. The molecule has 1 unspecified atom stereocenters. The average Bonchev–Trinajstić information content (AvgIpc) is 2.46. The molecule has 10 heavy (non-hydrogen) atoms. The van der Waals surface area contributed by atoms with Crippen molar-refractivity contribution in [2.24, 2.45) is 17.3 Å². The minimum atomic E-state index is 0.449. The Morgan fingerprint density at radius 3 is 2.10 bits per heavy atom. The van der Waals surface area contributed by atoms with Crippen molar-refractivity contribution in [2.45, 2.75) is 20.3 Å². The van der Waals surface area contributed by atoms with Crippen molar-refractivity contribution >= 4 is 0 Å². The molecule has 0 aromatic rings. The molecule has 0 heterocycles. The Morgan fingerprint density at radius 2 is 1.90 bits per heavy atom. The van der Waals surface area contributed by atoms with Gasteiger partial charge in [-0.3, -0.25) is 0 Å². The van der Waals surface area contributed by atoms with E-state index in [0.29, 0.717) is 5.41 Å². The second-order valence-corrected chi connectivity index (χ2v) is 3.55. The third-order valence-corrected chi connectivity index (χ3v) is 3.29. The van der Waals surface area contributed by atoms with Crippen LogP contribution in [0.4, 0.5) is 0 Å². The fourth-order valence-electron chi connectivity index (χ4n) is 2.25. The van der Waals surface area contributed by atoms with Gasteiger partial charge in [0.2, 0.25) is 0 Å². The molecule has 54 valence electrons. The molecule has 0 amide bonds. The highest BCUT2D eigenvalue weighted by Gasteiger charge is 2.41. The van der Waals surface area contributed by atoms with E-state index in [1.54, 1.807) is 0 Å². The van der Waals surface area contributed by atoms with Crippen LogP contribution in [0.15, 0.2) is 24.3 Å². The first-order valence-electron chi connectivity index (χ1n) is 4.17. The fraction of sp³-hybridized carbons (Fsp3) is 0.600. The Balaban J connectivity index is 2.37. The number of hydrogen-bond acceptors (Lipinski definition) is 0. The Bertz CT molecular complexity index is 184. The van der Waals surface area contributed by atoms with Crippen LogP contribution < -0.4 is 0 Å². The van der Waals surface area contributed by atoms with E-state index in [0.717, 1.165) is 11.8 Å².